The Balaban J connectivity index is 1.49. The second kappa shape index (κ2) is 9.61. The summed E-state index contributed by atoms with van der Waals surface area (Å²) in [5.41, 5.74) is 0.0236. The van der Waals surface area contributed by atoms with Crippen LogP contribution in [0.2, 0.25) is 0 Å². The van der Waals surface area contributed by atoms with Crippen LogP contribution in [0.3, 0.4) is 0 Å². The Morgan fingerprint density at radius 2 is 2.27 bits per heavy atom. The van der Waals surface area contributed by atoms with Crippen molar-refractivity contribution < 1.29 is 22.7 Å². The molecule has 4 nitrogen and oxygen atoms in total. The lowest BCUT2D eigenvalue weighted by molar-refractivity contribution is -0.144. The van der Waals surface area contributed by atoms with Crippen molar-refractivity contribution in [3.63, 3.8) is 0 Å². The summed E-state index contributed by atoms with van der Waals surface area (Å²) in [4.78, 5) is 19.6. The summed E-state index contributed by atoms with van der Waals surface area (Å²) in [6.07, 6.45) is 9.36. The number of hydrogen-bond donors (Lipinski definition) is 0. The molecule has 0 saturated heterocycles. The molecule has 0 unspecified atom stereocenters. The molecule has 2 saturated carbocycles. The number of hydrogen-bond acceptors (Lipinski definition) is 3. The van der Waals surface area contributed by atoms with Crippen LogP contribution in [0.1, 0.15) is 48.9 Å². The fourth-order valence-electron chi connectivity index (χ4n) is 6.07. The summed E-state index contributed by atoms with van der Waals surface area (Å²) in [6, 6.07) is 1.16. The van der Waals surface area contributed by atoms with Gasteiger partial charge in [0.05, 0.1) is 17.6 Å². The van der Waals surface area contributed by atoms with E-state index in [0.717, 1.165) is 44.4 Å². The highest BCUT2D eigenvalue weighted by molar-refractivity contribution is 5.84. The zero-order valence-electron chi connectivity index (χ0n) is 19.0. The van der Waals surface area contributed by atoms with Gasteiger partial charge >= 0.3 is 6.18 Å². The molecule has 3 aliphatic rings. The number of allylic oxidation sites excluding steroid dienone is 2. The summed E-state index contributed by atoms with van der Waals surface area (Å²) < 4.78 is 44.7. The molecule has 33 heavy (non-hydrogen) atoms. The van der Waals surface area contributed by atoms with Crippen LogP contribution in [-0.4, -0.2) is 36.1 Å². The maximum atomic E-state index is 13.8. The highest BCUT2D eigenvalue weighted by Crippen LogP contribution is 2.58. The monoisotopic (exact) mass is 460 g/mol. The quantitative estimate of drug-likeness (QED) is 0.526. The van der Waals surface area contributed by atoms with E-state index in [1.165, 1.54) is 6.08 Å². The van der Waals surface area contributed by atoms with E-state index in [2.05, 4.69) is 17.1 Å². The average Bonchev–Trinajstić information content (AvgIpc) is 3.34. The van der Waals surface area contributed by atoms with Crippen LogP contribution >= 0.6 is 0 Å². The largest absolute Gasteiger partial charge is 0.417 e. The maximum absolute atomic E-state index is 13.8. The van der Waals surface area contributed by atoms with Crippen LogP contribution in [0.15, 0.2) is 30.5 Å². The number of fused-ring (bicyclic) bond motifs is 2. The van der Waals surface area contributed by atoms with Gasteiger partial charge in [0.25, 0.3) is 0 Å². The third-order valence-corrected chi connectivity index (χ3v) is 7.60. The number of aromatic nitrogens is 1. The third kappa shape index (κ3) is 4.88. The average molecular weight is 461 g/mol. The Labute approximate surface area is 193 Å². The van der Waals surface area contributed by atoms with Crippen LogP contribution < -0.4 is 0 Å². The molecule has 0 N–H and O–H groups in total. The summed E-state index contributed by atoms with van der Waals surface area (Å²) in [5.74, 6) is 0.840. The van der Waals surface area contributed by atoms with Gasteiger partial charge in [0.2, 0.25) is 5.91 Å². The van der Waals surface area contributed by atoms with Crippen molar-refractivity contribution in [2.24, 2.45) is 23.2 Å². The predicted octanol–water partition coefficient (Wildman–Crippen LogP) is 5.19. The number of carbonyl (C=O) groups excluding carboxylic acids is 1. The van der Waals surface area contributed by atoms with Gasteiger partial charge in [-0.25, -0.2) is 0 Å². The first kappa shape index (κ1) is 24.0. The van der Waals surface area contributed by atoms with Crippen molar-refractivity contribution >= 4 is 5.91 Å². The van der Waals surface area contributed by atoms with Gasteiger partial charge in [0.1, 0.15) is 0 Å². The molecule has 2 heterocycles. The topological polar surface area (TPSA) is 42.4 Å². The van der Waals surface area contributed by atoms with Gasteiger partial charge in [-0.15, -0.1) is 0 Å². The maximum Gasteiger partial charge on any atom is 0.417 e. The normalized spacial score (nSPS) is 28.1. The third-order valence-electron chi connectivity index (χ3n) is 7.60. The zero-order chi connectivity index (χ0) is 23.6. The van der Waals surface area contributed by atoms with Gasteiger partial charge in [0.15, 0.2) is 0 Å². The molecular weight excluding hydrogens is 429 g/mol. The number of alkyl halides is 3. The van der Waals surface area contributed by atoms with Crippen LogP contribution in [-0.2, 0) is 28.7 Å². The van der Waals surface area contributed by atoms with E-state index in [9.17, 15) is 18.0 Å². The summed E-state index contributed by atoms with van der Waals surface area (Å²) in [5, 5.41) is 0. The summed E-state index contributed by atoms with van der Waals surface area (Å²) in [6.45, 7) is 6.80. The van der Waals surface area contributed by atoms with E-state index >= 15 is 0 Å². The number of carbonyl (C=O) groups is 1. The number of pyridine rings is 1. The fourth-order valence-corrected chi connectivity index (χ4v) is 6.07. The smallest absolute Gasteiger partial charge is 0.384 e. The van der Waals surface area contributed by atoms with Crippen molar-refractivity contribution in [2.45, 2.75) is 51.2 Å². The lowest BCUT2D eigenvalue weighted by Gasteiger charge is -2.37. The Hall–Kier alpha value is -2.15. The molecule has 0 bridgehead atoms. The number of amides is 1. The Morgan fingerprint density at radius 3 is 3.00 bits per heavy atom. The van der Waals surface area contributed by atoms with Gasteiger partial charge in [-0.1, -0.05) is 31.2 Å². The molecule has 1 amide bonds. The van der Waals surface area contributed by atoms with Gasteiger partial charge in [-0.05, 0) is 55.6 Å². The first-order valence-electron chi connectivity index (χ1n) is 11.7. The van der Waals surface area contributed by atoms with Crippen molar-refractivity contribution in [2.75, 3.05) is 20.3 Å². The Morgan fingerprint density at radius 1 is 1.45 bits per heavy atom. The molecule has 1 aromatic heterocycles. The van der Waals surface area contributed by atoms with E-state index in [1.54, 1.807) is 12.0 Å². The molecule has 4 rings (SSSR count). The number of rotatable bonds is 7. The van der Waals surface area contributed by atoms with Crippen molar-refractivity contribution in [3.8, 4) is 0 Å². The van der Waals surface area contributed by atoms with Crippen molar-refractivity contribution in [3.05, 3.63) is 60.3 Å². The highest BCUT2D eigenvalue weighted by Gasteiger charge is 2.55. The standard InChI is InChI=1S/C26H31F3N2O2/c1-3-5-18(17-33-2)7-8-19-12-21-6-4-10-25(21,14-19)24(32)31-11-9-23-20(16-31)13-22(15-30-23)26(27,28)29/h1,3,5,7-8,13,15,18-19,21H,4,6,9-12,14,16-17H2,2H3/b3-1?,8-7-/t18-,19-,21-,25-/m1/s1. The SMILES string of the molecule is [CH]=C[CH][C@H](/C=C\[C@@H]1C[C@H]2CCC[C@@]2(C(=O)N2CCc3ncc(C(F)(F)F)cc3C2)C1)COC. The van der Waals surface area contributed by atoms with E-state index in [4.69, 9.17) is 11.3 Å². The molecule has 7 heteroatoms. The lowest BCUT2D eigenvalue weighted by atomic mass is 9.78. The molecule has 4 atom stereocenters. The lowest BCUT2D eigenvalue weighted by Crippen LogP contribution is -2.46. The molecule has 2 aliphatic carbocycles. The molecule has 2 fully saturated rings. The second-order valence-electron chi connectivity index (χ2n) is 9.64. The number of methoxy groups -OCH3 is 1. The molecule has 0 aromatic carbocycles. The Kier molecular flexibility index (Phi) is 6.99. The zero-order valence-corrected chi connectivity index (χ0v) is 19.0. The van der Waals surface area contributed by atoms with E-state index < -0.39 is 17.2 Å². The molecule has 1 aliphatic heterocycles. The molecule has 0 spiro atoms. The van der Waals surface area contributed by atoms with Gasteiger partial charge in [0, 0.05) is 44.4 Å². The number of ether oxygens (including phenoxy) is 1. The summed E-state index contributed by atoms with van der Waals surface area (Å²) >= 11 is 0. The minimum absolute atomic E-state index is 0.0982. The molecule has 2 radical (unpaired) electrons. The van der Waals surface area contributed by atoms with Gasteiger partial charge in [-0.3, -0.25) is 9.78 Å². The predicted molar refractivity (Wildman–Crippen MR) is 119 cm³/mol. The van der Waals surface area contributed by atoms with Gasteiger partial charge in [-0.2, -0.15) is 13.2 Å². The van der Waals surface area contributed by atoms with Crippen LogP contribution in [0.4, 0.5) is 13.2 Å². The van der Waals surface area contributed by atoms with Crippen molar-refractivity contribution in [1.29, 1.82) is 0 Å². The van der Waals surface area contributed by atoms with E-state index in [-0.39, 0.29) is 18.4 Å². The first-order chi connectivity index (χ1) is 15.8. The van der Waals surface area contributed by atoms with Crippen LogP contribution in [0.5, 0.6) is 0 Å². The van der Waals surface area contributed by atoms with Crippen molar-refractivity contribution in [1.82, 2.24) is 9.88 Å². The molecule has 178 valence electrons. The van der Waals surface area contributed by atoms with Crippen LogP contribution in [0, 0.1) is 36.2 Å². The summed E-state index contributed by atoms with van der Waals surface area (Å²) in [7, 11) is 1.66. The fraction of sp³-hybridized carbons (Fsp3) is 0.577. The van der Waals surface area contributed by atoms with Crippen LogP contribution in [0.25, 0.3) is 0 Å². The van der Waals surface area contributed by atoms with Gasteiger partial charge < -0.3 is 9.64 Å². The van der Waals surface area contributed by atoms with E-state index in [1.807, 2.05) is 6.42 Å². The minimum Gasteiger partial charge on any atom is -0.384 e. The Bertz CT molecular complexity index is 913. The number of halogens is 3. The first-order valence-corrected chi connectivity index (χ1v) is 11.7. The minimum atomic E-state index is -4.44. The van der Waals surface area contributed by atoms with E-state index in [0.29, 0.717) is 42.7 Å². The molecular formula is C26H31F3N2O2. The number of nitrogens with zero attached hydrogens (tertiary/aromatic N) is 2. The second-order valence-corrected chi connectivity index (χ2v) is 9.64. The molecule has 1 aromatic rings. The highest BCUT2D eigenvalue weighted by atomic mass is 19.4.